The number of carbonyl (C=O) groups is 3. The molecule has 12 heteroatoms. The lowest BCUT2D eigenvalue weighted by Crippen LogP contribution is -2.18. The van der Waals surface area contributed by atoms with Gasteiger partial charge in [-0.15, -0.1) is 0 Å². The second-order valence-corrected chi connectivity index (χ2v) is 7.33. The number of aliphatic hydroxyl groups excluding tert-OH is 3. The number of aliphatic hydroxyl groups is 3. The van der Waals surface area contributed by atoms with Crippen molar-refractivity contribution in [3.63, 3.8) is 0 Å². The highest BCUT2D eigenvalue weighted by Crippen LogP contribution is 2.31. The molecule has 1 aliphatic rings. The largest absolute Gasteiger partial charge is 0.504 e. The van der Waals surface area contributed by atoms with Gasteiger partial charge in [-0.05, 0) is 6.07 Å². The van der Waals surface area contributed by atoms with Crippen molar-refractivity contribution < 1.29 is 53.1 Å². The van der Waals surface area contributed by atoms with Gasteiger partial charge in [-0.3, -0.25) is 9.59 Å². The lowest BCUT2D eigenvalue weighted by molar-refractivity contribution is -0.139. The Bertz CT molecular complexity index is 1010. The Morgan fingerprint density at radius 2 is 1.38 bits per heavy atom. The third-order valence-corrected chi connectivity index (χ3v) is 4.69. The lowest BCUT2D eigenvalue weighted by Gasteiger charge is -2.11. The van der Waals surface area contributed by atoms with Crippen LogP contribution in [0.25, 0.3) is 5.76 Å². The monoisotopic (exact) mass is 521 g/mol. The number of hydrogen-bond acceptors (Lipinski definition) is 12. The van der Waals surface area contributed by atoms with Crippen molar-refractivity contribution in [3.8, 4) is 0 Å². The molecule has 1 aromatic carbocycles. The van der Waals surface area contributed by atoms with Gasteiger partial charge in [-0.25, -0.2) is 4.79 Å². The lowest BCUT2D eigenvalue weighted by atomic mass is 9.88. The van der Waals surface area contributed by atoms with E-state index < -0.39 is 23.3 Å². The molecular weight excluding hydrogens is 490 g/mol. The first-order valence-corrected chi connectivity index (χ1v) is 11.5. The number of benzene rings is 1. The quantitative estimate of drug-likeness (QED) is 0.0995. The zero-order valence-electron chi connectivity index (χ0n) is 20.2. The molecule has 0 amide bonds. The number of nitrogens with two attached hydrogens (primary N) is 1. The van der Waals surface area contributed by atoms with Crippen molar-refractivity contribution in [1.82, 2.24) is 0 Å². The Hall–Kier alpha value is -3.39. The smallest absolute Gasteiger partial charge is 0.334 e. The fourth-order valence-corrected chi connectivity index (χ4v) is 3.03. The minimum absolute atomic E-state index is 0.0256. The SMILES string of the molecule is NCCO.O=C(/C=C(\O)c1cc2c(o1)C(=O)c1ccccc1C2=O)OCCOCCOCCOCCO. The van der Waals surface area contributed by atoms with E-state index >= 15 is 0 Å². The number of ketones is 2. The van der Waals surface area contributed by atoms with E-state index in [9.17, 15) is 19.5 Å². The molecule has 2 aromatic rings. The fourth-order valence-electron chi connectivity index (χ4n) is 3.03. The summed E-state index contributed by atoms with van der Waals surface area (Å²) in [6, 6.07) is 7.58. The number of rotatable bonds is 14. The molecule has 0 fully saturated rings. The molecule has 0 bridgehead atoms. The van der Waals surface area contributed by atoms with Crippen LogP contribution in [0.5, 0.6) is 0 Å². The highest BCUT2D eigenvalue weighted by Gasteiger charge is 2.34. The molecule has 0 radical (unpaired) electrons. The fraction of sp³-hybridized carbons (Fsp3) is 0.400. The van der Waals surface area contributed by atoms with E-state index in [-0.39, 0.29) is 61.2 Å². The van der Waals surface area contributed by atoms with Crippen LogP contribution < -0.4 is 5.73 Å². The molecule has 3 rings (SSSR count). The highest BCUT2D eigenvalue weighted by molar-refractivity contribution is 6.27. The summed E-state index contributed by atoms with van der Waals surface area (Å²) in [7, 11) is 0. The van der Waals surface area contributed by atoms with Crippen LogP contribution >= 0.6 is 0 Å². The van der Waals surface area contributed by atoms with Crippen molar-refractivity contribution in [2.45, 2.75) is 0 Å². The molecule has 1 aliphatic carbocycles. The summed E-state index contributed by atoms with van der Waals surface area (Å²) in [6.07, 6.45) is 0.794. The zero-order valence-corrected chi connectivity index (χ0v) is 20.2. The number of fused-ring (bicyclic) bond motifs is 2. The molecule has 0 saturated carbocycles. The van der Waals surface area contributed by atoms with Gasteiger partial charge >= 0.3 is 5.97 Å². The van der Waals surface area contributed by atoms with Crippen LogP contribution in [0.2, 0.25) is 0 Å². The van der Waals surface area contributed by atoms with Crippen LogP contribution in [0.4, 0.5) is 0 Å². The zero-order chi connectivity index (χ0) is 27.0. The Balaban J connectivity index is 0.00000112. The first-order chi connectivity index (χ1) is 17.9. The maximum atomic E-state index is 12.6. The van der Waals surface area contributed by atoms with Crippen molar-refractivity contribution in [2.24, 2.45) is 5.73 Å². The number of esters is 1. The number of hydrogen-bond donors (Lipinski definition) is 4. The third-order valence-electron chi connectivity index (χ3n) is 4.69. The van der Waals surface area contributed by atoms with E-state index in [1.165, 1.54) is 12.1 Å². The van der Waals surface area contributed by atoms with E-state index in [2.05, 4.69) is 0 Å². The summed E-state index contributed by atoms with van der Waals surface area (Å²) in [4.78, 5) is 37.1. The van der Waals surface area contributed by atoms with E-state index in [1.807, 2.05) is 0 Å². The topological polar surface area (TPSA) is 188 Å². The Labute approximate surface area is 213 Å². The van der Waals surface area contributed by atoms with Crippen LogP contribution in [0.3, 0.4) is 0 Å². The van der Waals surface area contributed by atoms with Crippen LogP contribution in [0.1, 0.15) is 37.8 Å². The highest BCUT2D eigenvalue weighted by atomic mass is 16.6. The van der Waals surface area contributed by atoms with Gasteiger partial charge in [-0.2, -0.15) is 0 Å². The van der Waals surface area contributed by atoms with Crippen LogP contribution in [0.15, 0.2) is 40.8 Å². The van der Waals surface area contributed by atoms with Crippen molar-refractivity contribution >= 4 is 23.3 Å². The maximum absolute atomic E-state index is 12.6. The average Bonchev–Trinajstić information content (AvgIpc) is 3.37. The van der Waals surface area contributed by atoms with Gasteiger partial charge in [0.1, 0.15) is 6.61 Å². The molecule has 12 nitrogen and oxygen atoms in total. The van der Waals surface area contributed by atoms with E-state index in [4.69, 9.17) is 39.3 Å². The molecule has 37 heavy (non-hydrogen) atoms. The van der Waals surface area contributed by atoms with Gasteiger partial charge in [-0.1, -0.05) is 24.3 Å². The Morgan fingerprint density at radius 1 is 0.838 bits per heavy atom. The molecule has 1 heterocycles. The van der Waals surface area contributed by atoms with Crippen LogP contribution in [-0.4, -0.2) is 98.9 Å². The van der Waals surface area contributed by atoms with Crippen molar-refractivity contribution in [3.05, 3.63) is 64.6 Å². The van der Waals surface area contributed by atoms with Crippen molar-refractivity contribution in [1.29, 1.82) is 0 Å². The second-order valence-electron chi connectivity index (χ2n) is 7.33. The summed E-state index contributed by atoms with van der Waals surface area (Å²) in [5.41, 5.74) is 5.28. The predicted octanol–water partition coefficient (Wildman–Crippen LogP) is 0.477. The number of furan rings is 1. The second kappa shape index (κ2) is 16.4. The summed E-state index contributed by atoms with van der Waals surface area (Å²) < 4.78 is 25.8. The minimum Gasteiger partial charge on any atom is -0.504 e. The van der Waals surface area contributed by atoms with Crippen LogP contribution in [0, 0.1) is 0 Å². The van der Waals surface area contributed by atoms with E-state index in [0.717, 1.165) is 6.08 Å². The van der Waals surface area contributed by atoms with E-state index in [1.54, 1.807) is 18.2 Å². The molecular formula is C25H31NO11. The van der Waals surface area contributed by atoms with Gasteiger partial charge in [0.05, 0.1) is 64.5 Å². The molecule has 0 spiro atoms. The van der Waals surface area contributed by atoms with Gasteiger partial charge in [0.25, 0.3) is 0 Å². The van der Waals surface area contributed by atoms with Crippen molar-refractivity contribution in [2.75, 3.05) is 66.0 Å². The maximum Gasteiger partial charge on any atom is 0.334 e. The van der Waals surface area contributed by atoms with E-state index in [0.29, 0.717) is 33.0 Å². The third kappa shape index (κ3) is 9.21. The Morgan fingerprint density at radius 3 is 1.95 bits per heavy atom. The summed E-state index contributed by atoms with van der Waals surface area (Å²) in [6.45, 7) is 2.16. The molecule has 5 N–H and O–H groups in total. The molecule has 0 saturated heterocycles. The summed E-state index contributed by atoms with van der Waals surface area (Å²) in [5.74, 6) is -2.66. The number of ether oxygens (including phenoxy) is 4. The molecule has 1 aromatic heterocycles. The number of carbonyl (C=O) groups excluding carboxylic acids is 3. The summed E-state index contributed by atoms with van der Waals surface area (Å²) in [5, 5.41) is 26.5. The standard InChI is InChI=1S/C23H24O10.C2H7NO/c24-5-6-29-7-8-30-9-10-31-11-12-32-20(26)14-18(25)19-13-17-21(27)15-3-1-2-4-16(15)22(28)23(17)33-19;3-1-2-4/h1-4,13-14,24-25H,5-12H2;4H,1-3H2/b18-14-;. The first kappa shape index (κ1) is 29.8. The predicted molar refractivity (Wildman–Crippen MR) is 129 cm³/mol. The Kier molecular flexibility index (Phi) is 13.2. The van der Waals surface area contributed by atoms with Crippen LogP contribution in [-0.2, 0) is 23.7 Å². The minimum atomic E-state index is -0.844. The van der Waals surface area contributed by atoms with Gasteiger partial charge in [0, 0.05) is 17.7 Å². The van der Waals surface area contributed by atoms with Gasteiger partial charge in [0.2, 0.25) is 5.78 Å². The van der Waals surface area contributed by atoms with Gasteiger partial charge < -0.3 is 44.4 Å². The molecule has 0 unspecified atom stereocenters. The molecule has 0 atom stereocenters. The average molecular weight is 522 g/mol. The van der Waals surface area contributed by atoms with Gasteiger partial charge in [0.15, 0.2) is 23.1 Å². The first-order valence-electron chi connectivity index (χ1n) is 11.5. The molecule has 0 aliphatic heterocycles. The summed E-state index contributed by atoms with van der Waals surface area (Å²) >= 11 is 0. The normalized spacial score (nSPS) is 12.5. The molecule has 202 valence electrons.